The lowest BCUT2D eigenvalue weighted by Crippen LogP contribution is -2.42. The molecule has 1 unspecified atom stereocenters. The van der Waals surface area contributed by atoms with Crippen molar-refractivity contribution in [2.45, 2.75) is 49.7 Å². The van der Waals surface area contributed by atoms with Gasteiger partial charge in [-0.2, -0.15) is 0 Å². The fourth-order valence-corrected chi connectivity index (χ4v) is 5.22. The van der Waals surface area contributed by atoms with Crippen LogP contribution in [0.3, 0.4) is 0 Å². The van der Waals surface area contributed by atoms with Gasteiger partial charge in [0, 0.05) is 5.92 Å². The Morgan fingerprint density at radius 1 is 1.04 bits per heavy atom. The highest BCUT2D eigenvalue weighted by Crippen LogP contribution is 2.34. The van der Waals surface area contributed by atoms with Crippen molar-refractivity contribution >= 4 is 9.84 Å². The van der Waals surface area contributed by atoms with Gasteiger partial charge in [0.05, 0.1) is 24.2 Å². The van der Waals surface area contributed by atoms with Crippen molar-refractivity contribution < 1.29 is 17.9 Å². The molecule has 0 aromatic heterocycles. The second-order valence-electron chi connectivity index (χ2n) is 7.42. The zero-order valence-corrected chi connectivity index (χ0v) is 16.8. The Hall–Kier alpha value is -1.69. The molecule has 2 aromatic carbocycles. The molecule has 0 amide bonds. The van der Waals surface area contributed by atoms with E-state index in [0.29, 0.717) is 30.4 Å². The standard InChI is InChI=1S/C22H28O4S/c1-17-13-14-21(27(23,24)20-11-7-4-8-12-20)26-22(17)18(2)15-25-16-19-9-5-3-6-10-19/h3-12,17-18,21-22H,13-16H2,1-2H3/t17-,18-,21?,22+/m1/s1. The maximum atomic E-state index is 12.9. The number of ether oxygens (including phenoxy) is 2. The summed E-state index contributed by atoms with van der Waals surface area (Å²) in [4.78, 5) is 0.330. The second kappa shape index (κ2) is 9.00. The fourth-order valence-electron chi connectivity index (χ4n) is 3.66. The van der Waals surface area contributed by atoms with E-state index in [2.05, 4.69) is 13.8 Å². The smallest absolute Gasteiger partial charge is 0.205 e. The highest BCUT2D eigenvalue weighted by Gasteiger charge is 2.38. The van der Waals surface area contributed by atoms with E-state index < -0.39 is 15.3 Å². The van der Waals surface area contributed by atoms with Crippen molar-refractivity contribution in [2.24, 2.45) is 11.8 Å². The number of sulfone groups is 1. The van der Waals surface area contributed by atoms with E-state index >= 15 is 0 Å². The van der Waals surface area contributed by atoms with E-state index in [4.69, 9.17) is 9.47 Å². The molecule has 3 rings (SSSR count). The summed E-state index contributed by atoms with van der Waals surface area (Å²) in [5.41, 5.74) is 0.351. The molecule has 0 saturated carbocycles. The predicted molar refractivity (Wildman–Crippen MR) is 106 cm³/mol. The van der Waals surface area contributed by atoms with Crippen LogP contribution in [0.15, 0.2) is 65.6 Å². The Labute approximate surface area is 162 Å². The van der Waals surface area contributed by atoms with Crippen LogP contribution in [-0.2, 0) is 25.9 Å². The van der Waals surface area contributed by atoms with Crippen molar-refractivity contribution in [3.05, 3.63) is 66.2 Å². The molecule has 4 atom stereocenters. The molecule has 0 spiro atoms. The van der Waals surface area contributed by atoms with Crippen LogP contribution < -0.4 is 0 Å². The summed E-state index contributed by atoms with van der Waals surface area (Å²) in [6.07, 6.45) is 1.25. The predicted octanol–water partition coefficient (Wildman–Crippen LogP) is 4.45. The van der Waals surface area contributed by atoms with Gasteiger partial charge in [-0.1, -0.05) is 62.4 Å². The van der Waals surface area contributed by atoms with Crippen molar-refractivity contribution in [3.8, 4) is 0 Å². The Balaban J connectivity index is 1.61. The molecule has 146 valence electrons. The first-order chi connectivity index (χ1) is 13.0. The molecule has 0 bridgehead atoms. The highest BCUT2D eigenvalue weighted by atomic mass is 32.2. The van der Waals surface area contributed by atoms with Crippen molar-refractivity contribution in [1.82, 2.24) is 0 Å². The minimum absolute atomic E-state index is 0.123. The molecule has 27 heavy (non-hydrogen) atoms. The zero-order valence-electron chi connectivity index (χ0n) is 16.0. The minimum atomic E-state index is -3.48. The zero-order chi connectivity index (χ0) is 19.3. The van der Waals surface area contributed by atoms with Gasteiger partial charge in [-0.25, -0.2) is 8.42 Å². The van der Waals surface area contributed by atoms with E-state index in [1.54, 1.807) is 24.3 Å². The summed E-state index contributed by atoms with van der Waals surface area (Å²) in [5.74, 6) is 0.431. The van der Waals surface area contributed by atoms with E-state index in [9.17, 15) is 8.42 Å². The number of benzene rings is 2. The maximum Gasteiger partial charge on any atom is 0.205 e. The molecular formula is C22H28O4S. The van der Waals surface area contributed by atoms with E-state index in [-0.39, 0.29) is 12.0 Å². The quantitative estimate of drug-likeness (QED) is 0.703. The lowest BCUT2D eigenvalue weighted by molar-refractivity contribution is -0.0879. The monoisotopic (exact) mass is 388 g/mol. The molecule has 1 fully saturated rings. The minimum Gasteiger partial charge on any atom is -0.376 e. The Morgan fingerprint density at radius 2 is 1.67 bits per heavy atom. The molecule has 0 N–H and O–H groups in total. The molecule has 1 saturated heterocycles. The lowest BCUT2D eigenvalue weighted by atomic mass is 9.88. The van der Waals surface area contributed by atoms with Gasteiger partial charge in [-0.15, -0.1) is 0 Å². The summed E-state index contributed by atoms with van der Waals surface area (Å²) in [6, 6.07) is 18.6. The van der Waals surface area contributed by atoms with Crippen LogP contribution in [0.2, 0.25) is 0 Å². The first-order valence-electron chi connectivity index (χ1n) is 9.54. The van der Waals surface area contributed by atoms with Crippen LogP contribution in [0.1, 0.15) is 32.3 Å². The van der Waals surface area contributed by atoms with Gasteiger partial charge in [-0.05, 0) is 36.5 Å². The first-order valence-corrected chi connectivity index (χ1v) is 11.1. The number of hydrogen-bond acceptors (Lipinski definition) is 4. The Kier molecular flexibility index (Phi) is 6.68. The van der Waals surface area contributed by atoms with Gasteiger partial charge in [0.1, 0.15) is 0 Å². The van der Waals surface area contributed by atoms with E-state index in [1.165, 1.54) is 0 Å². The molecule has 1 heterocycles. The normalized spacial score (nSPS) is 24.4. The molecule has 2 aromatic rings. The number of hydrogen-bond donors (Lipinski definition) is 0. The largest absolute Gasteiger partial charge is 0.376 e. The molecule has 0 aliphatic carbocycles. The molecular weight excluding hydrogens is 360 g/mol. The van der Waals surface area contributed by atoms with Crippen LogP contribution in [0.25, 0.3) is 0 Å². The molecule has 5 heteroatoms. The SMILES string of the molecule is C[C@@H]1CCC(S(=O)(=O)c2ccccc2)O[C@@H]1[C@H](C)COCc1ccccc1. The van der Waals surface area contributed by atoms with Gasteiger partial charge in [0.2, 0.25) is 9.84 Å². The van der Waals surface area contributed by atoms with Gasteiger partial charge >= 0.3 is 0 Å². The fraction of sp³-hybridized carbons (Fsp3) is 0.455. The Bertz CT molecular complexity index is 805. The van der Waals surface area contributed by atoms with Crippen molar-refractivity contribution in [3.63, 3.8) is 0 Å². The van der Waals surface area contributed by atoms with Crippen LogP contribution in [-0.4, -0.2) is 26.6 Å². The third kappa shape index (κ3) is 4.98. The summed E-state index contributed by atoms with van der Waals surface area (Å²) < 4.78 is 37.8. The first kappa shape index (κ1) is 20.1. The van der Waals surface area contributed by atoms with Crippen LogP contribution in [0, 0.1) is 11.8 Å². The summed E-state index contributed by atoms with van der Waals surface area (Å²) >= 11 is 0. The maximum absolute atomic E-state index is 12.9. The van der Waals surface area contributed by atoms with Gasteiger partial charge in [0.25, 0.3) is 0 Å². The van der Waals surface area contributed by atoms with Crippen molar-refractivity contribution in [1.29, 1.82) is 0 Å². The third-order valence-electron chi connectivity index (χ3n) is 5.20. The molecule has 0 radical (unpaired) electrons. The van der Waals surface area contributed by atoms with Gasteiger partial charge < -0.3 is 9.47 Å². The second-order valence-corrected chi connectivity index (χ2v) is 9.51. The average molecular weight is 389 g/mol. The number of rotatable bonds is 7. The topological polar surface area (TPSA) is 52.6 Å². The van der Waals surface area contributed by atoms with E-state index in [0.717, 1.165) is 12.0 Å². The summed E-state index contributed by atoms with van der Waals surface area (Å²) in [5, 5.41) is 0. The molecule has 1 aliphatic heterocycles. The van der Waals surface area contributed by atoms with Crippen LogP contribution in [0.5, 0.6) is 0 Å². The summed E-state index contributed by atoms with van der Waals surface area (Å²) in [7, 11) is -3.48. The van der Waals surface area contributed by atoms with Gasteiger partial charge in [-0.3, -0.25) is 0 Å². The van der Waals surface area contributed by atoms with Crippen LogP contribution in [0.4, 0.5) is 0 Å². The van der Waals surface area contributed by atoms with Crippen molar-refractivity contribution in [2.75, 3.05) is 6.61 Å². The van der Waals surface area contributed by atoms with Crippen LogP contribution >= 0.6 is 0 Å². The average Bonchev–Trinajstić information content (AvgIpc) is 2.69. The lowest BCUT2D eigenvalue weighted by Gasteiger charge is -2.37. The van der Waals surface area contributed by atoms with E-state index in [1.807, 2.05) is 36.4 Å². The Morgan fingerprint density at radius 3 is 2.33 bits per heavy atom. The van der Waals surface area contributed by atoms with Gasteiger partial charge in [0.15, 0.2) is 5.44 Å². The molecule has 1 aliphatic rings. The highest BCUT2D eigenvalue weighted by molar-refractivity contribution is 7.91. The molecule has 4 nitrogen and oxygen atoms in total. The summed E-state index contributed by atoms with van der Waals surface area (Å²) in [6.45, 7) is 5.30. The third-order valence-corrected chi connectivity index (χ3v) is 7.17.